The molecule has 1 amide bonds. The summed E-state index contributed by atoms with van der Waals surface area (Å²) in [4.78, 5) is 12.1. The van der Waals surface area contributed by atoms with Crippen molar-refractivity contribution in [3.63, 3.8) is 0 Å². The fraction of sp³-hybridized carbons (Fsp3) is 0.533. The first kappa shape index (κ1) is 18.3. The Morgan fingerprint density at radius 3 is 2.81 bits per heavy atom. The van der Waals surface area contributed by atoms with Crippen LogP contribution in [0.4, 0.5) is 5.69 Å². The fourth-order valence-corrected chi connectivity index (χ4v) is 3.00. The maximum Gasteiger partial charge on any atom is 0.224 e. The highest BCUT2D eigenvalue weighted by atomic mass is 79.9. The van der Waals surface area contributed by atoms with Gasteiger partial charge in [-0.05, 0) is 46.8 Å². The van der Waals surface area contributed by atoms with Crippen molar-refractivity contribution in [1.29, 1.82) is 0 Å². The van der Waals surface area contributed by atoms with E-state index in [1.165, 1.54) is 12.8 Å². The predicted octanol–water partition coefficient (Wildman–Crippen LogP) is 3.73. The zero-order valence-electron chi connectivity index (χ0n) is 12.1. The number of hydrogen-bond donors (Lipinski definition) is 2. The minimum atomic E-state index is 0. The molecule has 0 aromatic heterocycles. The molecular formula is C15H22BrClN2O2. The Labute approximate surface area is 140 Å². The van der Waals surface area contributed by atoms with Gasteiger partial charge < -0.3 is 15.8 Å². The Bertz CT molecular complexity index is 485. The summed E-state index contributed by atoms with van der Waals surface area (Å²) in [5.41, 5.74) is 6.82. The lowest BCUT2D eigenvalue weighted by Gasteiger charge is -2.28. The van der Waals surface area contributed by atoms with E-state index in [1.54, 1.807) is 7.11 Å². The molecule has 0 saturated heterocycles. The molecule has 1 aliphatic rings. The Kier molecular flexibility index (Phi) is 7.49. The van der Waals surface area contributed by atoms with Crippen molar-refractivity contribution in [2.75, 3.05) is 12.4 Å². The number of nitrogens with one attached hydrogen (secondary N) is 1. The fourth-order valence-electron chi connectivity index (χ4n) is 2.66. The van der Waals surface area contributed by atoms with Gasteiger partial charge in [0.25, 0.3) is 0 Å². The van der Waals surface area contributed by atoms with E-state index in [2.05, 4.69) is 21.2 Å². The summed E-state index contributed by atoms with van der Waals surface area (Å²) in [5.74, 6) is 1.03. The Hall–Kier alpha value is -0.780. The van der Waals surface area contributed by atoms with Crippen LogP contribution in [0.25, 0.3) is 0 Å². The number of methoxy groups -OCH3 is 1. The largest absolute Gasteiger partial charge is 0.497 e. The van der Waals surface area contributed by atoms with Crippen LogP contribution in [-0.4, -0.2) is 19.1 Å². The molecule has 0 spiro atoms. The van der Waals surface area contributed by atoms with E-state index in [4.69, 9.17) is 10.5 Å². The standard InChI is InChI=1S/C15H21BrN2O2.ClH/c1-20-11-6-7-12(16)14(9-11)18-15(19)8-10-4-2-3-5-13(10)17;/h6-7,9-10,13H,2-5,8,17H2,1H3,(H,18,19);1H. The van der Waals surface area contributed by atoms with E-state index < -0.39 is 0 Å². The van der Waals surface area contributed by atoms with Crippen molar-refractivity contribution in [3.8, 4) is 5.75 Å². The number of rotatable bonds is 4. The SMILES string of the molecule is COc1ccc(Br)c(NC(=O)CC2CCCCC2N)c1.Cl. The molecule has 1 fully saturated rings. The minimum Gasteiger partial charge on any atom is -0.497 e. The molecule has 1 aliphatic carbocycles. The van der Waals surface area contributed by atoms with Crippen LogP contribution in [0.5, 0.6) is 5.75 Å². The lowest BCUT2D eigenvalue weighted by molar-refractivity contribution is -0.117. The van der Waals surface area contributed by atoms with Gasteiger partial charge in [0, 0.05) is 23.0 Å². The summed E-state index contributed by atoms with van der Waals surface area (Å²) < 4.78 is 6.01. The number of amides is 1. The number of nitrogens with two attached hydrogens (primary N) is 1. The third-order valence-electron chi connectivity index (χ3n) is 3.86. The van der Waals surface area contributed by atoms with E-state index >= 15 is 0 Å². The van der Waals surface area contributed by atoms with Gasteiger partial charge in [0.05, 0.1) is 12.8 Å². The van der Waals surface area contributed by atoms with Crippen molar-refractivity contribution >= 4 is 39.9 Å². The van der Waals surface area contributed by atoms with Gasteiger partial charge in [-0.3, -0.25) is 4.79 Å². The zero-order valence-corrected chi connectivity index (χ0v) is 14.5. The first-order valence-corrected chi connectivity index (χ1v) is 7.78. The topological polar surface area (TPSA) is 64.3 Å². The first-order valence-electron chi connectivity index (χ1n) is 6.99. The number of halogens is 2. The van der Waals surface area contributed by atoms with Crippen LogP contribution < -0.4 is 15.8 Å². The van der Waals surface area contributed by atoms with Crippen LogP contribution >= 0.6 is 28.3 Å². The summed E-state index contributed by atoms with van der Waals surface area (Å²) in [6, 6.07) is 5.67. The maximum absolute atomic E-state index is 12.1. The highest BCUT2D eigenvalue weighted by Gasteiger charge is 2.24. The van der Waals surface area contributed by atoms with Gasteiger partial charge in [-0.2, -0.15) is 0 Å². The Morgan fingerprint density at radius 1 is 1.43 bits per heavy atom. The number of hydrogen-bond acceptors (Lipinski definition) is 3. The normalized spacial score (nSPS) is 21.3. The first-order chi connectivity index (χ1) is 9.60. The van der Waals surface area contributed by atoms with Gasteiger partial charge in [0.15, 0.2) is 0 Å². The third kappa shape index (κ3) is 5.16. The third-order valence-corrected chi connectivity index (χ3v) is 4.55. The van der Waals surface area contributed by atoms with Crippen molar-refractivity contribution in [2.24, 2.45) is 11.7 Å². The van der Waals surface area contributed by atoms with E-state index in [0.717, 1.165) is 28.8 Å². The molecule has 1 aromatic rings. The molecule has 21 heavy (non-hydrogen) atoms. The van der Waals surface area contributed by atoms with Crippen LogP contribution in [0.2, 0.25) is 0 Å². The van der Waals surface area contributed by atoms with E-state index in [9.17, 15) is 4.79 Å². The highest BCUT2D eigenvalue weighted by Crippen LogP contribution is 2.29. The molecule has 118 valence electrons. The molecule has 6 heteroatoms. The van der Waals surface area contributed by atoms with E-state index in [1.807, 2.05) is 18.2 Å². The van der Waals surface area contributed by atoms with Crippen molar-refractivity contribution in [1.82, 2.24) is 0 Å². The van der Waals surface area contributed by atoms with Gasteiger partial charge in [0.2, 0.25) is 5.91 Å². The molecule has 2 rings (SSSR count). The summed E-state index contributed by atoms with van der Waals surface area (Å²) in [7, 11) is 1.61. The van der Waals surface area contributed by atoms with Crippen molar-refractivity contribution in [2.45, 2.75) is 38.1 Å². The quantitative estimate of drug-likeness (QED) is 0.840. The second kappa shape index (κ2) is 8.61. The molecular weight excluding hydrogens is 356 g/mol. The van der Waals surface area contributed by atoms with Gasteiger partial charge in [-0.25, -0.2) is 0 Å². The van der Waals surface area contributed by atoms with Crippen LogP contribution in [-0.2, 0) is 4.79 Å². The van der Waals surface area contributed by atoms with Gasteiger partial charge in [-0.15, -0.1) is 12.4 Å². The second-order valence-corrected chi connectivity index (χ2v) is 6.16. The van der Waals surface area contributed by atoms with Crippen LogP contribution in [0, 0.1) is 5.92 Å². The average molecular weight is 378 g/mol. The van der Waals surface area contributed by atoms with Crippen LogP contribution in [0.15, 0.2) is 22.7 Å². The summed E-state index contributed by atoms with van der Waals surface area (Å²) in [5, 5.41) is 2.93. The predicted molar refractivity (Wildman–Crippen MR) is 91.1 cm³/mol. The van der Waals surface area contributed by atoms with E-state index in [-0.39, 0.29) is 24.4 Å². The molecule has 2 atom stereocenters. The van der Waals surface area contributed by atoms with E-state index in [0.29, 0.717) is 12.3 Å². The lowest BCUT2D eigenvalue weighted by Crippen LogP contribution is -2.35. The molecule has 4 nitrogen and oxygen atoms in total. The summed E-state index contributed by atoms with van der Waals surface area (Å²) in [6.45, 7) is 0. The lowest BCUT2D eigenvalue weighted by atomic mass is 9.83. The van der Waals surface area contributed by atoms with Crippen LogP contribution in [0.1, 0.15) is 32.1 Å². The number of ether oxygens (including phenoxy) is 1. The monoisotopic (exact) mass is 376 g/mol. The maximum atomic E-state index is 12.1. The minimum absolute atomic E-state index is 0. The molecule has 0 aliphatic heterocycles. The van der Waals surface area contributed by atoms with Crippen molar-refractivity contribution in [3.05, 3.63) is 22.7 Å². The van der Waals surface area contributed by atoms with Gasteiger partial charge in [0.1, 0.15) is 5.75 Å². The second-order valence-electron chi connectivity index (χ2n) is 5.31. The number of benzene rings is 1. The molecule has 0 heterocycles. The molecule has 1 aromatic carbocycles. The molecule has 3 N–H and O–H groups in total. The van der Waals surface area contributed by atoms with Gasteiger partial charge >= 0.3 is 0 Å². The van der Waals surface area contributed by atoms with Gasteiger partial charge in [-0.1, -0.05) is 12.8 Å². The number of carbonyl (C=O) groups is 1. The smallest absolute Gasteiger partial charge is 0.224 e. The molecule has 1 saturated carbocycles. The molecule has 0 bridgehead atoms. The summed E-state index contributed by atoms with van der Waals surface area (Å²) >= 11 is 3.43. The zero-order chi connectivity index (χ0) is 14.5. The number of carbonyl (C=O) groups excluding carboxylic acids is 1. The Balaban J connectivity index is 0.00000220. The molecule has 0 radical (unpaired) electrons. The molecule has 2 unspecified atom stereocenters. The average Bonchev–Trinajstić information content (AvgIpc) is 2.44. The number of anilines is 1. The van der Waals surface area contributed by atoms with Crippen LogP contribution in [0.3, 0.4) is 0 Å². The van der Waals surface area contributed by atoms with Crippen molar-refractivity contribution < 1.29 is 9.53 Å². The summed E-state index contributed by atoms with van der Waals surface area (Å²) in [6.07, 6.45) is 4.93. The Morgan fingerprint density at radius 2 is 2.14 bits per heavy atom. The highest BCUT2D eigenvalue weighted by molar-refractivity contribution is 9.10.